The van der Waals surface area contributed by atoms with Crippen molar-refractivity contribution < 1.29 is 14.1 Å². The Hall–Kier alpha value is -2.57. The Morgan fingerprint density at radius 2 is 2.06 bits per heavy atom. The second-order valence-electron chi connectivity index (χ2n) is 3.23. The first-order valence-electron chi connectivity index (χ1n) is 4.76. The van der Waals surface area contributed by atoms with E-state index in [1.54, 1.807) is 24.3 Å². The maximum absolute atomic E-state index is 10.7. The number of carbonyl (C=O) groups excluding carboxylic acids is 1. The Labute approximate surface area is 96.4 Å². The van der Waals surface area contributed by atoms with Crippen LogP contribution in [0.3, 0.4) is 0 Å². The first kappa shape index (κ1) is 10.9. The summed E-state index contributed by atoms with van der Waals surface area (Å²) < 4.78 is 10.1. The lowest BCUT2D eigenvalue weighted by atomic mass is 10.3. The van der Waals surface area contributed by atoms with Gasteiger partial charge < -0.3 is 20.7 Å². The lowest BCUT2D eigenvalue weighted by Crippen LogP contribution is -2.12. The highest BCUT2D eigenvalue weighted by Crippen LogP contribution is 2.14. The second-order valence-corrected chi connectivity index (χ2v) is 3.23. The van der Waals surface area contributed by atoms with Gasteiger partial charge in [-0.1, -0.05) is 5.16 Å². The topological polar surface area (TPSA) is 117 Å². The Morgan fingerprint density at radius 3 is 2.65 bits per heavy atom. The molecule has 0 fully saturated rings. The highest BCUT2D eigenvalue weighted by atomic mass is 16.5. The van der Waals surface area contributed by atoms with Crippen molar-refractivity contribution in [2.24, 2.45) is 5.73 Å². The summed E-state index contributed by atoms with van der Waals surface area (Å²) in [5.74, 6) is -0.123. The Kier molecular flexibility index (Phi) is 2.91. The van der Waals surface area contributed by atoms with E-state index in [2.05, 4.69) is 10.1 Å². The molecule has 0 aliphatic rings. The second kappa shape index (κ2) is 4.52. The zero-order valence-electron chi connectivity index (χ0n) is 8.79. The van der Waals surface area contributed by atoms with Gasteiger partial charge in [0.2, 0.25) is 0 Å². The molecule has 0 saturated carbocycles. The SMILES string of the molecule is NC(=O)c1noc(COc2ccc(N)cc2)n1. The number of benzene rings is 1. The average Bonchev–Trinajstić information content (AvgIpc) is 2.77. The highest BCUT2D eigenvalue weighted by molar-refractivity contribution is 5.88. The van der Waals surface area contributed by atoms with Gasteiger partial charge in [-0.25, -0.2) is 0 Å². The minimum absolute atomic E-state index is 0.0597. The molecule has 0 bridgehead atoms. The summed E-state index contributed by atoms with van der Waals surface area (Å²) >= 11 is 0. The lowest BCUT2D eigenvalue weighted by Gasteiger charge is -2.02. The van der Waals surface area contributed by atoms with Crippen LogP contribution in [0.5, 0.6) is 5.75 Å². The summed E-state index contributed by atoms with van der Waals surface area (Å²) in [6.07, 6.45) is 0. The fourth-order valence-corrected chi connectivity index (χ4v) is 1.12. The van der Waals surface area contributed by atoms with Crippen LogP contribution in [0.25, 0.3) is 0 Å². The number of rotatable bonds is 4. The molecule has 7 heteroatoms. The van der Waals surface area contributed by atoms with Gasteiger partial charge in [0.1, 0.15) is 5.75 Å². The summed E-state index contributed by atoms with van der Waals surface area (Å²) in [5.41, 5.74) is 11.1. The lowest BCUT2D eigenvalue weighted by molar-refractivity contribution is 0.0987. The van der Waals surface area contributed by atoms with Crippen LogP contribution in [0.15, 0.2) is 28.8 Å². The van der Waals surface area contributed by atoms with Gasteiger partial charge in [0.05, 0.1) is 0 Å². The predicted molar refractivity (Wildman–Crippen MR) is 58.0 cm³/mol. The van der Waals surface area contributed by atoms with Crippen LogP contribution in [0.4, 0.5) is 5.69 Å². The van der Waals surface area contributed by atoms with Crippen molar-refractivity contribution in [3.8, 4) is 5.75 Å². The fourth-order valence-electron chi connectivity index (χ4n) is 1.12. The van der Waals surface area contributed by atoms with E-state index in [0.717, 1.165) is 0 Å². The van der Waals surface area contributed by atoms with Crippen molar-refractivity contribution in [1.82, 2.24) is 10.1 Å². The molecule has 0 radical (unpaired) electrons. The number of nitrogen functional groups attached to an aromatic ring is 1. The van der Waals surface area contributed by atoms with Gasteiger partial charge in [-0.2, -0.15) is 4.98 Å². The molecule has 1 aromatic heterocycles. The zero-order valence-corrected chi connectivity index (χ0v) is 8.79. The van der Waals surface area contributed by atoms with E-state index in [1.165, 1.54) is 0 Å². The largest absolute Gasteiger partial charge is 0.484 e. The van der Waals surface area contributed by atoms with E-state index in [4.69, 9.17) is 20.7 Å². The molecule has 1 aromatic carbocycles. The molecule has 0 unspecified atom stereocenters. The molecule has 4 N–H and O–H groups in total. The minimum atomic E-state index is -0.743. The number of hydrogen-bond donors (Lipinski definition) is 2. The fraction of sp³-hybridized carbons (Fsp3) is 0.100. The molecular formula is C10H10N4O3. The molecule has 17 heavy (non-hydrogen) atoms. The molecule has 2 aromatic rings. The molecule has 7 nitrogen and oxygen atoms in total. The van der Waals surface area contributed by atoms with E-state index in [-0.39, 0.29) is 18.3 Å². The van der Waals surface area contributed by atoms with E-state index in [9.17, 15) is 4.79 Å². The molecule has 1 amide bonds. The Bertz CT molecular complexity index is 521. The summed E-state index contributed by atoms with van der Waals surface area (Å²) in [4.78, 5) is 14.4. The third-order valence-electron chi connectivity index (χ3n) is 1.93. The first-order chi connectivity index (χ1) is 8.15. The number of amides is 1. The van der Waals surface area contributed by atoms with Crippen LogP contribution in [-0.4, -0.2) is 16.0 Å². The molecule has 0 atom stereocenters. The molecule has 0 aliphatic carbocycles. The van der Waals surface area contributed by atoms with Crippen molar-refractivity contribution in [1.29, 1.82) is 0 Å². The maximum Gasteiger partial charge on any atom is 0.290 e. The smallest absolute Gasteiger partial charge is 0.290 e. The van der Waals surface area contributed by atoms with E-state index in [1.807, 2.05) is 0 Å². The first-order valence-corrected chi connectivity index (χ1v) is 4.76. The highest BCUT2D eigenvalue weighted by Gasteiger charge is 2.11. The van der Waals surface area contributed by atoms with E-state index in [0.29, 0.717) is 11.4 Å². The van der Waals surface area contributed by atoms with Crippen LogP contribution in [0.2, 0.25) is 0 Å². The van der Waals surface area contributed by atoms with Crippen LogP contribution in [0, 0.1) is 0 Å². The molecule has 0 saturated heterocycles. The third-order valence-corrected chi connectivity index (χ3v) is 1.93. The number of carbonyl (C=O) groups is 1. The van der Waals surface area contributed by atoms with Gasteiger partial charge in [-0.15, -0.1) is 0 Å². The van der Waals surface area contributed by atoms with Crippen LogP contribution in [0.1, 0.15) is 16.5 Å². The summed E-state index contributed by atoms with van der Waals surface area (Å²) in [7, 11) is 0. The summed E-state index contributed by atoms with van der Waals surface area (Å²) in [6, 6.07) is 6.83. The molecule has 0 spiro atoms. The van der Waals surface area contributed by atoms with Gasteiger partial charge in [0.15, 0.2) is 6.61 Å². The van der Waals surface area contributed by atoms with E-state index >= 15 is 0 Å². The number of aromatic nitrogens is 2. The monoisotopic (exact) mass is 234 g/mol. The number of ether oxygens (including phenoxy) is 1. The number of hydrogen-bond acceptors (Lipinski definition) is 6. The van der Waals surface area contributed by atoms with Crippen LogP contribution < -0.4 is 16.2 Å². The maximum atomic E-state index is 10.7. The normalized spacial score (nSPS) is 10.1. The number of nitrogens with zero attached hydrogens (tertiary/aromatic N) is 2. The minimum Gasteiger partial charge on any atom is -0.484 e. The van der Waals surface area contributed by atoms with E-state index < -0.39 is 5.91 Å². The predicted octanol–water partition coefficient (Wildman–Crippen LogP) is 0.330. The quantitative estimate of drug-likeness (QED) is 0.736. The van der Waals surface area contributed by atoms with Crippen LogP contribution in [-0.2, 0) is 6.61 Å². The van der Waals surface area contributed by atoms with Gasteiger partial charge >= 0.3 is 0 Å². The van der Waals surface area contributed by atoms with Crippen molar-refractivity contribution in [2.45, 2.75) is 6.61 Å². The molecular weight excluding hydrogens is 224 g/mol. The zero-order chi connectivity index (χ0) is 12.3. The van der Waals surface area contributed by atoms with Crippen molar-refractivity contribution >= 4 is 11.6 Å². The Morgan fingerprint density at radius 1 is 1.35 bits per heavy atom. The third kappa shape index (κ3) is 2.71. The van der Waals surface area contributed by atoms with Crippen molar-refractivity contribution in [3.05, 3.63) is 36.0 Å². The molecule has 88 valence electrons. The standard InChI is InChI=1S/C10H10N4O3/c11-6-1-3-7(4-2-6)16-5-8-13-10(9(12)15)14-17-8/h1-4H,5,11H2,(H2,12,15). The van der Waals surface area contributed by atoms with Crippen LogP contribution >= 0.6 is 0 Å². The Balaban J connectivity index is 1.97. The number of nitrogens with two attached hydrogens (primary N) is 2. The van der Waals surface area contributed by atoms with Gasteiger partial charge in [0, 0.05) is 5.69 Å². The molecule has 2 rings (SSSR count). The van der Waals surface area contributed by atoms with Gasteiger partial charge in [0.25, 0.3) is 17.6 Å². The number of anilines is 1. The molecule has 1 heterocycles. The van der Waals surface area contributed by atoms with Gasteiger partial charge in [-0.3, -0.25) is 4.79 Å². The van der Waals surface area contributed by atoms with Crippen molar-refractivity contribution in [3.63, 3.8) is 0 Å². The molecule has 0 aliphatic heterocycles. The summed E-state index contributed by atoms with van der Waals surface area (Å²) in [6.45, 7) is 0.0597. The number of primary amides is 1. The van der Waals surface area contributed by atoms with Crippen molar-refractivity contribution in [2.75, 3.05) is 5.73 Å². The van der Waals surface area contributed by atoms with Gasteiger partial charge in [-0.05, 0) is 24.3 Å². The average molecular weight is 234 g/mol. The summed E-state index contributed by atoms with van der Waals surface area (Å²) in [5, 5.41) is 3.38.